The maximum atomic E-state index is 13.2. The Morgan fingerprint density at radius 3 is 2.50 bits per heavy atom. The van der Waals surface area contributed by atoms with Crippen LogP contribution in [-0.2, 0) is 16.0 Å². The second-order valence-electron chi connectivity index (χ2n) is 11.5. The lowest BCUT2D eigenvalue weighted by molar-refractivity contribution is -0.143. The molecule has 40 heavy (non-hydrogen) atoms. The number of aliphatic carboxylic acids is 1. The summed E-state index contributed by atoms with van der Waals surface area (Å²) in [5.41, 5.74) is 4.67. The molecular formula is C31H40N4O5. The highest BCUT2D eigenvalue weighted by Crippen LogP contribution is 2.43. The molecule has 0 unspecified atom stereocenters. The highest BCUT2D eigenvalue weighted by molar-refractivity contribution is 5.96. The van der Waals surface area contributed by atoms with Gasteiger partial charge in [-0.05, 0) is 75.6 Å². The summed E-state index contributed by atoms with van der Waals surface area (Å²) in [5.74, 6) is 0.757. The number of carboxylic acid groups (broad SMARTS) is 1. The Bertz CT molecular complexity index is 1390. The quantitative estimate of drug-likeness (QED) is 0.357. The first-order valence-electron chi connectivity index (χ1n) is 14.3. The number of benzene rings is 2. The van der Waals surface area contributed by atoms with Crippen LogP contribution in [0.15, 0.2) is 36.4 Å². The van der Waals surface area contributed by atoms with Crippen molar-refractivity contribution in [2.24, 2.45) is 11.8 Å². The first-order valence-corrected chi connectivity index (χ1v) is 14.3. The Kier molecular flexibility index (Phi) is 7.92. The molecule has 0 saturated heterocycles. The number of carbonyl (C=O) groups excluding carboxylic acids is 1. The zero-order valence-corrected chi connectivity index (χ0v) is 24.1. The van der Waals surface area contributed by atoms with Crippen LogP contribution in [0.5, 0.6) is 5.75 Å². The second kappa shape index (κ2) is 11.4. The topological polar surface area (TPSA) is 97.1 Å². The van der Waals surface area contributed by atoms with Gasteiger partial charge in [-0.1, -0.05) is 26.0 Å². The number of ether oxygens (including phenoxy) is 2. The van der Waals surface area contributed by atoms with Crippen molar-refractivity contribution in [3.63, 3.8) is 0 Å². The van der Waals surface area contributed by atoms with Crippen molar-refractivity contribution in [3.8, 4) is 5.75 Å². The Hall–Kier alpha value is -3.75. The highest BCUT2D eigenvalue weighted by Gasteiger charge is 2.35. The highest BCUT2D eigenvalue weighted by atomic mass is 16.6. The van der Waals surface area contributed by atoms with Gasteiger partial charge in [0, 0.05) is 24.7 Å². The average molecular weight is 549 g/mol. The summed E-state index contributed by atoms with van der Waals surface area (Å²) in [6.07, 6.45) is 4.09. The predicted molar refractivity (Wildman–Crippen MR) is 156 cm³/mol. The number of rotatable bonds is 7. The lowest BCUT2D eigenvalue weighted by Crippen LogP contribution is -2.42. The van der Waals surface area contributed by atoms with Gasteiger partial charge in [-0.3, -0.25) is 9.69 Å². The molecule has 214 valence electrons. The van der Waals surface area contributed by atoms with Gasteiger partial charge in [-0.25, -0.2) is 9.78 Å². The number of hydrogen-bond donors (Lipinski definition) is 1. The standard InChI is InChI=1S/C31H40N4O5/c1-19(2)18-40-31(38)34-20(3)10-15-23-24(34)16-17-26-28(23)32-30(33(4)25-8-6-7-9-27(25)39-5)35(26)22-13-11-21(12-14-22)29(36)37/h6-9,16-17,19-22H,10-15,18H2,1-5H3,(H,36,37)/t20-,21?,22?/m0/s1. The van der Waals surface area contributed by atoms with Gasteiger partial charge in [0.25, 0.3) is 0 Å². The smallest absolute Gasteiger partial charge is 0.414 e. The van der Waals surface area contributed by atoms with Crippen LogP contribution in [0.1, 0.15) is 64.5 Å². The number of amides is 1. The molecule has 1 N–H and O–H groups in total. The molecule has 9 nitrogen and oxygen atoms in total. The molecule has 1 atom stereocenters. The summed E-state index contributed by atoms with van der Waals surface area (Å²) in [6.45, 7) is 6.49. The van der Waals surface area contributed by atoms with E-state index in [0.717, 1.165) is 65.4 Å². The fourth-order valence-corrected chi connectivity index (χ4v) is 6.16. The van der Waals surface area contributed by atoms with Crippen molar-refractivity contribution < 1.29 is 24.2 Å². The number of imidazole rings is 1. The molecule has 2 aromatic carbocycles. The van der Waals surface area contributed by atoms with Crippen LogP contribution in [-0.4, -0.2) is 53.5 Å². The number of fused-ring (bicyclic) bond motifs is 3. The van der Waals surface area contributed by atoms with E-state index >= 15 is 0 Å². The molecule has 0 radical (unpaired) electrons. The van der Waals surface area contributed by atoms with E-state index in [-0.39, 0.29) is 30.0 Å². The summed E-state index contributed by atoms with van der Waals surface area (Å²) >= 11 is 0. The monoisotopic (exact) mass is 548 g/mol. The fraction of sp³-hybridized carbons (Fsp3) is 0.516. The van der Waals surface area contributed by atoms with Crippen molar-refractivity contribution >= 4 is 40.4 Å². The molecular weight excluding hydrogens is 508 g/mol. The van der Waals surface area contributed by atoms with Crippen LogP contribution in [0.4, 0.5) is 22.1 Å². The predicted octanol–water partition coefficient (Wildman–Crippen LogP) is 6.56. The van der Waals surface area contributed by atoms with E-state index in [4.69, 9.17) is 14.5 Å². The van der Waals surface area contributed by atoms with Crippen LogP contribution in [0.3, 0.4) is 0 Å². The minimum absolute atomic E-state index is 0.0220. The third-order valence-corrected chi connectivity index (χ3v) is 8.33. The van der Waals surface area contributed by atoms with Crippen LogP contribution in [0.25, 0.3) is 11.0 Å². The maximum absolute atomic E-state index is 13.2. The van der Waals surface area contributed by atoms with Gasteiger partial charge in [-0.15, -0.1) is 0 Å². The Balaban J connectivity index is 1.62. The number of nitrogens with zero attached hydrogens (tertiary/aromatic N) is 4. The molecule has 1 saturated carbocycles. The molecule has 1 aliphatic carbocycles. The van der Waals surface area contributed by atoms with E-state index in [1.54, 1.807) is 12.0 Å². The lowest BCUT2D eigenvalue weighted by Gasteiger charge is -2.35. The van der Waals surface area contributed by atoms with E-state index in [0.29, 0.717) is 19.4 Å². The number of carboxylic acids is 1. The number of hydrogen-bond acceptors (Lipinski definition) is 6. The Labute approximate surface area is 235 Å². The summed E-state index contributed by atoms with van der Waals surface area (Å²) in [7, 11) is 3.65. The van der Waals surface area contributed by atoms with Crippen molar-refractivity contribution in [2.75, 3.05) is 30.6 Å². The molecule has 5 rings (SSSR count). The molecule has 3 aromatic rings. The number of methoxy groups -OCH3 is 1. The van der Waals surface area contributed by atoms with E-state index in [1.165, 1.54) is 0 Å². The van der Waals surface area contributed by atoms with Crippen LogP contribution in [0, 0.1) is 11.8 Å². The summed E-state index contributed by atoms with van der Waals surface area (Å²) in [4.78, 5) is 33.9. The van der Waals surface area contributed by atoms with Crippen molar-refractivity contribution in [3.05, 3.63) is 42.0 Å². The SMILES string of the molecule is COc1ccccc1N(C)c1nc2c3c(ccc2n1C1CCC(C(=O)O)CC1)N(C(=O)OCC(C)C)[C@@H](C)CC3. The molecule has 1 aromatic heterocycles. The molecule has 0 spiro atoms. The Morgan fingerprint density at radius 1 is 1.10 bits per heavy atom. The largest absolute Gasteiger partial charge is 0.495 e. The molecule has 9 heteroatoms. The summed E-state index contributed by atoms with van der Waals surface area (Å²) in [5, 5.41) is 9.58. The third kappa shape index (κ3) is 5.09. The van der Waals surface area contributed by atoms with Gasteiger partial charge in [-0.2, -0.15) is 0 Å². The fourth-order valence-electron chi connectivity index (χ4n) is 6.16. The van der Waals surface area contributed by atoms with Gasteiger partial charge < -0.3 is 24.0 Å². The summed E-state index contributed by atoms with van der Waals surface area (Å²) in [6, 6.07) is 12.1. The van der Waals surface area contributed by atoms with E-state index in [9.17, 15) is 14.7 Å². The number of anilines is 3. The van der Waals surface area contributed by atoms with Gasteiger partial charge in [0.05, 0.1) is 42.0 Å². The second-order valence-corrected chi connectivity index (χ2v) is 11.5. The molecule has 0 bridgehead atoms. The van der Waals surface area contributed by atoms with Crippen LogP contribution >= 0.6 is 0 Å². The Morgan fingerprint density at radius 2 is 1.82 bits per heavy atom. The number of aromatic nitrogens is 2. The maximum Gasteiger partial charge on any atom is 0.414 e. The van der Waals surface area contributed by atoms with Crippen molar-refractivity contribution in [1.29, 1.82) is 0 Å². The lowest BCUT2D eigenvalue weighted by atomic mass is 9.86. The van der Waals surface area contributed by atoms with E-state index in [2.05, 4.69) is 22.5 Å². The molecule has 2 aliphatic rings. The van der Waals surface area contributed by atoms with Gasteiger partial charge in [0.1, 0.15) is 5.75 Å². The first-order chi connectivity index (χ1) is 19.2. The molecule has 1 amide bonds. The minimum Gasteiger partial charge on any atom is -0.495 e. The molecule has 1 fully saturated rings. The van der Waals surface area contributed by atoms with Gasteiger partial charge in [0.15, 0.2) is 0 Å². The zero-order valence-electron chi connectivity index (χ0n) is 24.1. The normalized spacial score (nSPS) is 20.9. The van der Waals surface area contributed by atoms with Crippen LogP contribution < -0.4 is 14.5 Å². The summed E-state index contributed by atoms with van der Waals surface area (Å²) < 4.78 is 13.6. The number of para-hydroxylation sites is 2. The third-order valence-electron chi connectivity index (χ3n) is 8.33. The minimum atomic E-state index is -0.715. The van der Waals surface area contributed by atoms with Gasteiger partial charge in [0.2, 0.25) is 5.95 Å². The zero-order chi connectivity index (χ0) is 28.6. The number of aryl methyl sites for hydroxylation is 1. The van der Waals surface area contributed by atoms with Crippen LogP contribution in [0.2, 0.25) is 0 Å². The molecule has 1 aliphatic heterocycles. The first kappa shape index (κ1) is 27.8. The van der Waals surface area contributed by atoms with E-state index in [1.807, 2.05) is 51.2 Å². The van der Waals surface area contributed by atoms with Crippen molar-refractivity contribution in [1.82, 2.24) is 9.55 Å². The van der Waals surface area contributed by atoms with Crippen molar-refractivity contribution in [2.45, 2.75) is 71.4 Å². The number of carbonyl (C=O) groups is 2. The molecule has 2 heterocycles. The average Bonchev–Trinajstić information content (AvgIpc) is 3.35. The van der Waals surface area contributed by atoms with E-state index < -0.39 is 5.97 Å². The van der Waals surface area contributed by atoms with Gasteiger partial charge >= 0.3 is 12.1 Å².